The molecular weight excluding hydrogens is 332 g/mol. The third-order valence-electron chi connectivity index (χ3n) is 3.30. The van der Waals surface area contributed by atoms with Gasteiger partial charge in [-0.1, -0.05) is 26.2 Å². The largest absolute Gasteiger partial charge is 0.462 e. The Bertz CT molecular complexity index is 633. The molecule has 0 radical (unpaired) electrons. The van der Waals surface area contributed by atoms with E-state index in [1.54, 1.807) is 43.6 Å². The zero-order valence-electron chi connectivity index (χ0n) is 15.4. The molecule has 0 N–H and O–H groups in total. The number of unbranched alkanes of at least 4 members (excludes halogenated alkanes) is 3. The standard InChI is InChI=1S/C12H17NO2.C8H9NO2/c1-2-3-4-5-9-15-12(14)11-7-6-8-13-10-11;1-2-11-8(10)7-4-3-5-9-6-7/h6-8,10H,2-5,9H2,1H3;3-6H,2H2,1H3. The first-order valence-corrected chi connectivity index (χ1v) is 8.83. The van der Waals surface area contributed by atoms with E-state index in [0.717, 1.165) is 12.8 Å². The van der Waals surface area contributed by atoms with Crippen LogP contribution >= 0.6 is 0 Å². The highest BCUT2D eigenvalue weighted by Crippen LogP contribution is 2.02. The molecule has 0 saturated carbocycles. The van der Waals surface area contributed by atoms with E-state index < -0.39 is 0 Å². The number of hydrogen-bond donors (Lipinski definition) is 0. The van der Waals surface area contributed by atoms with Crippen LogP contribution in [0, 0.1) is 0 Å². The van der Waals surface area contributed by atoms with Crippen LogP contribution in [0.4, 0.5) is 0 Å². The van der Waals surface area contributed by atoms with E-state index in [1.807, 2.05) is 0 Å². The summed E-state index contributed by atoms with van der Waals surface area (Å²) in [5, 5.41) is 0. The molecule has 26 heavy (non-hydrogen) atoms. The Morgan fingerprint density at radius 3 is 1.88 bits per heavy atom. The molecule has 0 atom stereocenters. The number of aromatic nitrogens is 2. The van der Waals surface area contributed by atoms with Gasteiger partial charge in [-0.15, -0.1) is 0 Å². The van der Waals surface area contributed by atoms with E-state index in [0.29, 0.717) is 24.3 Å². The van der Waals surface area contributed by atoms with Crippen molar-refractivity contribution in [3.63, 3.8) is 0 Å². The average Bonchev–Trinajstić information content (AvgIpc) is 2.70. The smallest absolute Gasteiger partial charge is 0.339 e. The highest BCUT2D eigenvalue weighted by atomic mass is 16.5. The van der Waals surface area contributed by atoms with E-state index in [1.165, 1.54) is 25.2 Å². The fraction of sp³-hybridized carbons (Fsp3) is 0.400. The summed E-state index contributed by atoms with van der Waals surface area (Å²) in [6.45, 7) is 4.83. The fourth-order valence-electron chi connectivity index (χ4n) is 1.96. The van der Waals surface area contributed by atoms with E-state index in [2.05, 4.69) is 16.9 Å². The maximum absolute atomic E-state index is 11.4. The molecule has 140 valence electrons. The summed E-state index contributed by atoms with van der Waals surface area (Å²) < 4.78 is 9.84. The predicted octanol–water partition coefficient (Wildman–Crippen LogP) is 4.08. The number of nitrogens with zero attached hydrogens (tertiary/aromatic N) is 2. The summed E-state index contributed by atoms with van der Waals surface area (Å²) in [6, 6.07) is 6.81. The predicted molar refractivity (Wildman–Crippen MR) is 98.9 cm³/mol. The minimum Gasteiger partial charge on any atom is -0.462 e. The van der Waals surface area contributed by atoms with Crippen molar-refractivity contribution in [2.24, 2.45) is 0 Å². The number of carbonyl (C=O) groups is 2. The molecule has 0 aliphatic carbocycles. The SMILES string of the molecule is CCCCCCOC(=O)c1cccnc1.CCOC(=O)c1cccnc1. The minimum absolute atomic E-state index is 0.278. The van der Waals surface area contributed by atoms with E-state index in [4.69, 9.17) is 9.47 Å². The van der Waals surface area contributed by atoms with Crippen molar-refractivity contribution in [1.82, 2.24) is 9.97 Å². The second-order valence-corrected chi connectivity index (χ2v) is 5.40. The van der Waals surface area contributed by atoms with Crippen LogP contribution in [0.1, 0.15) is 60.2 Å². The number of carbonyl (C=O) groups excluding carboxylic acids is 2. The molecule has 2 aromatic rings. The van der Waals surface area contributed by atoms with E-state index in [-0.39, 0.29) is 11.9 Å². The van der Waals surface area contributed by atoms with Crippen LogP contribution in [0.25, 0.3) is 0 Å². The molecule has 0 bridgehead atoms. The number of pyridine rings is 2. The highest BCUT2D eigenvalue weighted by Gasteiger charge is 2.05. The van der Waals surface area contributed by atoms with Gasteiger partial charge in [-0.3, -0.25) is 9.97 Å². The lowest BCUT2D eigenvalue weighted by Gasteiger charge is -2.03. The summed E-state index contributed by atoms with van der Waals surface area (Å²) in [5.74, 6) is -0.597. The lowest BCUT2D eigenvalue weighted by atomic mass is 10.2. The van der Waals surface area contributed by atoms with E-state index in [9.17, 15) is 9.59 Å². The molecule has 2 heterocycles. The summed E-state index contributed by atoms with van der Waals surface area (Å²) in [6.07, 6.45) is 10.7. The molecular formula is C20H26N2O4. The minimum atomic E-state index is -0.319. The van der Waals surface area contributed by atoms with Crippen LogP contribution in [-0.4, -0.2) is 35.1 Å². The maximum Gasteiger partial charge on any atom is 0.339 e. The monoisotopic (exact) mass is 358 g/mol. The molecule has 0 fully saturated rings. The zero-order valence-corrected chi connectivity index (χ0v) is 15.4. The van der Waals surface area contributed by atoms with Gasteiger partial charge in [-0.25, -0.2) is 9.59 Å². The van der Waals surface area contributed by atoms with Gasteiger partial charge >= 0.3 is 11.9 Å². The first-order chi connectivity index (χ1) is 12.7. The summed E-state index contributed by atoms with van der Waals surface area (Å²) in [5.41, 5.74) is 1.02. The molecule has 0 aliphatic rings. The van der Waals surface area contributed by atoms with Gasteiger partial charge < -0.3 is 9.47 Å². The highest BCUT2D eigenvalue weighted by molar-refractivity contribution is 5.89. The number of ether oxygens (including phenoxy) is 2. The Morgan fingerprint density at radius 1 is 0.846 bits per heavy atom. The van der Waals surface area contributed by atoms with Crippen LogP contribution in [0.3, 0.4) is 0 Å². The topological polar surface area (TPSA) is 78.4 Å². The Hall–Kier alpha value is -2.76. The molecule has 2 aromatic heterocycles. The second-order valence-electron chi connectivity index (χ2n) is 5.40. The maximum atomic E-state index is 11.4. The molecule has 6 nitrogen and oxygen atoms in total. The fourth-order valence-corrected chi connectivity index (χ4v) is 1.96. The lowest BCUT2D eigenvalue weighted by Crippen LogP contribution is -2.06. The first-order valence-electron chi connectivity index (χ1n) is 8.83. The lowest BCUT2D eigenvalue weighted by molar-refractivity contribution is 0.0494. The van der Waals surface area contributed by atoms with Crippen molar-refractivity contribution >= 4 is 11.9 Å². The Balaban J connectivity index is 0.000000273. The molecule has 0 amide bonds. The summed E-state index contributed by atoms with van der Waals surface area (Å²) >= 11 is 0. The van der Waals surface area contributed by atoms with Gasteiger partial charge in [0.2, 0.25) is 0 Å². The Kier molecular flexibility index (Phi) is 11.1. The van der Waals surface area contributed by atoms with Gasteiger partial charge in [0.05, 0.1) is 24.3 Å². The average molecular weight is 358 g/mol. The van der Waals surface area contributed by atoms with Crippen molar-refractivity contribution in [3.05, 3.63) is 60.2 Å². The summed E-state index contributed by atoms with van der Waals surface area (Å²) in [7, 11) is 0. The number of esters is 2. The quantitative estimate of drug-likeness (QED) is 0.523. The molecule has 0 aromatic carbocycles. The Morgan fingerprint density at radius 2 is 1.42 bits per heavy atom. The van der Waals surface area contributed by atoms with Crippen molar-refractivity contribution in [3.8, 4) is 0 Å². The van der Waals surface area contributed by atoms with Crippen molar-refractivity contribution in [2.45, 2.75) is 39.5 Å². The molecule has 0 saturated heterocycles. The number of rotatable bonds is 8. The Labute approximate surface area is 154 Å². The van der Waals surface area contributed by atoms with Crippen LogP contribution < -0.4 is 0 Å². The third-order valence-corrected chi connectivity index (χ3v) is 3.30. The molecule has 2 rings (SSSR count). The van der Waals surface area contributed by atoms with Gasteiger partial charge in [0.25, 0.3) is 0 Å². The van der Waals surface area contributed by atoms with E-state index >= 15 is 0 Å². The van der Waals surface area contributed by atoms with Crippen molar-refractivity contribution in [2.75, 3.05) is 13.2 Å². The molecule has 6 heteroatoms. The normalized spacial score (nSPS) is 9.62. The van der Waals surface area contributed by atoms with Crippen LogP contribution in [0.15, 0.2) is 49.1 Å². The first kappa shape index (κ1) is 21.3. The van der Waals surface area contributed by atoms with Crippen LogP contribution in [-0.2, 0) is 9.47 Å². The number of hydrogen-bond acceptors (Lipinski definition) is 6. The third kappa shape index (κ3) is 8.92. The van der Waals surface area contributed by atoms with Crippen LogP contribution in [0.5, 0.6) is 0 Å². The van der Waals surface area contributed by atoms with Gasteiger partial charge in [0.1, 0.15) is 0 Å². The molecule has 0 spiro atoms. The van der Waals surface area contributed by atoms with Crippen molar-refractivity contribution < 1.29 is 19.1 Å². The van der Waals surface area contributed by atoms with Gasteiger partial charge in [0, 0.05) is 24.8 Å². The van der Waals surface area contributed by atoms with Gasteiger partial charge in [0.15, 0.2) is 0 Å². The molecule has 0 aliphatic heterocycles. The zero-order chi connectivity index (χ0) is 19.0. The van der Waals surface area contributed by atoms with Crippen molar-refractivity contribution in [1.29, 1.82) is 0 Å². The van der Waals surface area contributed by atoms with Crippen LogP contribution in [0.2, 0.25) is 0 Å². The van der Waals surface area contributed by atoms with Gasteiger partial charge in [-0.05, 0) is 37.6 Å². The summed E-state index contributed by atoms with van der Waals surface area (Å²) in [4.78, 5) is 30.0. The molecule has 0 unspecified atom stereocenters. The van der Waals surface area contributed by atoms with Gasteiger partial charge in [-0.2, -0.15) is 0 Å². The second kappa shape index (κ2) is 13.5.